The summed E-state index contributed by atoms with van der Waals surface area (Å²) in [5.74, 6) is -0.861. The molecule has 1 aliphatic heterocycles. The number of halogens is 1. The number of nitrogens with two attached hydrogens (primary N) is 1. The Bertz CT molecular complexity index is 747. The molecule has 1 aromatic heterocycles. The summed E-state index contributed by atoms with van der Waals surface area (Å²) >= 11 is 2.02. The quantitative estimate of drug-likeness (QED) is 0.507. The summed E-state index contributed by atoms with van der Waals surface area (Å²) in [4.78, 5) is 38.3. The molecule has 0 aromatic carbocycles. The van der Waals surface area contributed by atoms with Crippen LogP contribution >= 0.6 is 22.6 Å². The van der Waals surface area contributed by atoms with Crippen molar-refractivity contribution < 1.29 is 23.8 Å². The molecule has 9 nitrogen and oxygen atoms in total. The third-order valence-corrected chi connectivity index (χ3v) is 3.82. The van der Waals surface area contributed by atoms with Gasteiger partial charge in [0.05, 0.1) is 6.10 Å². The highest BCUT2D eigenvalue weighted by Crippen LogP contribution is 2.31. The third kappa shape index (κ3) is 5.01. The molecule has 0 saturated carbocycles. The molecule has 1 aliphatic rings. The van der Waals surface area contributed by atoms with Crippen molar-refractivity contribution in [1.29, 1.82) is 0 Å². The number of nitrogens with zero attached hydrogens (tertiary/aromatic N) is 2. The molecule has 0 amide bonds. The van der Waals surface area contributed by atoms with Gasteiger partial charge in [0.15, 0.2) is 6.23 Å². The van der Waals surface area contributed by atoms with Gasteiger partial charge < -0.3 is 19.9 Å². The summed E-state index contributed by atoms with van der Waals surface area (Å²) in [5, 5.41) is 0. The zero-order chi connectivity index (χ0) is 18.6. The van der Waals surface area contributed by atoms with Crippen molar-refractivity contribution in [3.8, 4) is 0 Å². The normalized spacial score (nSPS) is 22.9. The van der Waals surface area contributed by atoms with Crippen LogP contribution in [-0.4, -0.2) is 40.3 Å². The van der Waals surface area contributed by atoms with Gasteiger partial charge in [0, 0.05) is 32.0 Å². The molecule has 25 heavy (non-hydrogen) atoms. The standard InChI is InChI=1S/C15H18IN3O6/c1-8(20)23-7-11-5-12(24-9(2)21)14(25-11)19-6-10(3-4-16)13(17)18-15(19)22/h3-4,6,11-12,14H,5,7H2,1-2H3,(H2,17,18,22)/b4-3+/t11-,12+,14+/m0/s1. The van der Waals surface area contributed by atoms with Crippen LogP contribution in [0.25, 0.3) is 6.08 Å². The molecule has 0 aliphatic carbocycles. The van der Waals surface area contributed by atoms with Gasteiger partial charge in [-0.3, -0.25) is 14.2 Å². The van der Waals surface area contributed by atoms with Gasteiger partial charge in [0.2, 0.25) is 0 Å². The summed E-state index contributed by atoms with van der Waals surface area (Å²) in [7, 11) is 0. The van der Waals surface area contributed by atoms with Crippen molar-refractivity contribution in [1.82, 2.24) is 9.55 Å². The van der Waals surface area contributed by atoms with Gasteiger partial charge in [0.25, 0.3) is 0 Å². The van der Waals surface area contributed by atoms with E-state index in [4.69, 9.17) is 19.9 Å². The number of carbonyl (C=O) groups is 2. The maximum atomic E-state index is 12.2. The van der Waals surface area contributed by atoms with Gasteiger partial charge in [-0.2, -0.15) is 4.98 Å². The number of hydrogen-bond acceptors (Lipinski definition) is 8. The Balaban J connectivity index is 2.33. The van der Waals surface area contributed by atoms with E-state index < -0.39 is 36.1 Å². The number of nitrogen functional groups attached to an aromatic ring is 1. The minimum absolute atomic E-state index is 0.00125. The van der Waals surface area contributed by atoms with Gasteiger partial charge in [-0.1, -0.05) is 22.6 Å². The Morgan fingerprint density at radius 2 is 2.20 bits per heavy atom. The van der Waals surface area contributed by atoms with Crippen LogP contribution in [0.1, 0.15) is 32.1 Å². The van der Waals surface area contributed by atoms with E-state index in [9.17, 15) is 14.4 Å². The molecular formula is C15H18IN3O6. The van der Waals surface area contributed by atoms with E-state index in [1.807, 2.05) is 22.6 Å². The van der Waals surface area contributed by atoms with E-state index >= 15 is 0 Å². The maximum Gasteiger partial charge on any atom is 0.351 e. The van der Waals surface area contributed by atoms with Crippen LogP contribution < -0.4 is 11.4 Å². The highest BCUT2D eigenvalue weighted by atomic mass is 127. The fourth-order valence-electron chi connectivity index (χ4n) is 2.47. The van der Waals surface area contributed by atoms with Gasteiger partial charge in [-0.25, -0.2) is 4.79 Å². The number of aromatic nitrogens is 2. The monoisotopic (exact) mass is 463 g/mol. The Kier molecular flexibility index (Phi) is 6.53. The number of ether oxygens (including phenoxy) is 3. The molecule has 0 unspecified atom stereocenters. The summed E-state index contributed by atoms with van der Waals surface area (Å²) in [6, 6.07) is 0. The van der Waals surface area contributed by atoms with E-state index in [-0.39, 0.29) is 18.8 Å². The molecule has 3 atom stereocenters. The average Bonchev–Trinajstić information content (AvgIpc) is 2.90. The Labute approximate surface area is 157 Å². The summed E-state index contributed by atoms with van der Waals surface area (Å²) in [6.07, 6.45) is 1.36. The molecule has 10 heteroatoms. The van der Waals surface area contributed by atoms with Crippen LogP contribution in [0.4, 0.5) is 5.82 Å². The topological polar surface area (TPSA) is 123 Å². The smallest absolute Gasteiger partial charge is 0.351 e. The van der Waals surface area contributed by atoms with Crippen molar-refractivity contribution in [2.75, 3.05) is 12.3 Å². The lowest BCUT2D eigenvalue weighted by Crippen LogP contribution is -2.34. The average molecular weight is 463 g/mol. The van der Waals surface area contributed by atoms with Crippen LogP contribution in [0.2, 0.25) is 0 Å². The second kappa shape index (κ2) is 8.43. The van der Waals surface area contributed by atoms with Gasteiger partial charge in [0.1, 0.15) is 18.5 Å². The van der Waals surface area contributed by atoms with Gasteiger partial charge in [-0.15, -0.1) is 0 Å². The summed E-state index contributed by atoms with van der Waals surface area (Å²) in [6.45, 7) is 2.55. The summed E-state index contributed by atoms with van der Waals surface area (Å²) < 4.78 is 18.9. The molecule has 136 valence electrons. The predicted molar refractivity (Wildman–Crippen MR) is 96.7 cm³/mol. The lowest BCUT2D eigenvalue weighted by molar-refractivity contribution is -0.153. The van der Waals surface area contributed by atoms with Crippen LogP contribution in [-0.2, 0) is 23.8 Å². The van der Waals surface area contributed by atoms with Crippen molar-refractivity contribution in [2.24, 2.45) is 0 Å². The minimum Gasteiger partial charge on any atom is -0.463 e. The van der Waals surface area contributed by atoms with E-state index in [1.165, 1.54) is 24.6 Å². The Morgan fingerprint density at radius 1 is 1.48 bits per heavy atom. The number of anilines is 1. The molecule has 2 heterocycles. The molecule has 2 N–H and O–H groups in total. The molecule has 1 aromatic rings. The molecule has 1 saturated heterocycles. The SMILES string of the molecule is CC(=O)OC[C@@H]1C[C@@H](OC(C)=O)[C@H](n2cc(/C=C/I)c(N)nc2=O)O1. The van der Waals surface area contributed by atoms with E-state index in [1.54, 1.807) is 10.2 Å². The Hall–Kier alpha value is -1.95. The molecule has 0 bridgehead atoms. The predicted octanol–water partition coefficient (Wildman–Crippen LogP) is 1.01. The van der Waals surface area contributed by atoms with Gasteiger partial charge in [-0.05, 0) is 10.2 Å². The molecule has 0 spiro atoms. The Morgan fingerprint density at radius 3 is 2.80 bits per heavy atom. The van der Waals surface area contributed by atoms with Crippen LogP contribution in [0.3, 0.4) is 0 Å². The second-order valence-corrected chi connectivity index (χ2v) is 6.12. The van der Waals surface area contributed by atoms with Crippen molar-refractivity contribution in [2.45, 2.75) is 38.7 Å². The van der Waals surface area contributed by atoms with Crippen LogP contribution in [0.5, 0.6) is 0 Å². The largest absolute Gasteiger partial charge is 0.463 e. The van der Waals surface area contributed by atoms with Crippen LogP contribution in [0, 0.1) is 0 Å². The summed E-state index contributed by atoms with van der Waals surface area (Å²) in [5.41, 5.74) is 5.64. The van der Waals surface area contributed by atoms with E-state index in [0.29, 0.717) is 5.56 Å². The lowest BCUT2D eigenvalue weighted by atomic mass is 10.2. The number of esters is 2. The first-order chi connectivity index (χ1) is 11.8. The minimum atomic E-state index is -0.883. The fourth-order valence-corrected chi connectivity index (χ4v) is 2.86. The van der Waals surface area contributed by atoms with Crippen LogP contribution in [0.15, 0.2) is 15.1 Å². The molecule has 1 fully saturated rings. The first kappa shape index (κ1) is 19.4. The maximum absolute atomic E-state index is 12.2. The zero-order valence-corrected chi connectivity index (χ0v) is 15.8. The van der Waals surface area contributed by atoms with Crippen molar-refractivity contribution in [3.63, 3.8) is 0 Å². The van der Waals surface area contributed by atoms with E-state index in [0.717, 1.165) is 0 Å². The van der Waals surface area contributed by atoms with Crippen molar-refractivity contribution >= 4 is 46.4 Å². The first-order valence-corrected chi connectivity index (χ1v) is 8.67. The highest BCUT2D eigenvalue weighted by Gasteiger charge is 2.40. The van der Waals surface area contributed by atoms with Gasteiger partial charge >= 0.3 is 17.6 Å². The van der Waals surface area contributed by atoms with E-state index in [2.05, 4.69) is 4.98 Å². The molecular weight excluding hydrogens is 445 g/mol. The second-order valence-electron chi connectivity index (χ2n) is 5.40. The first-order valence-electron chi connectivity index (χ1n) is 7.43. The fraction of sp³-hybridized carbons (Fsp3) is 0.467. The third-order valence-electron chi connectivity index (χ3n) is 3.46. The zero-order valence-electron chi connectivity index (χ0n) is 13.7. The van der Waals surface area contributed by atoms with Crippen molar-refractivity contribution in [3.05, 3.63) is 26.3 Å². The lowest BCUT2D eigenvalue weighted by Gasteiger charge is -2.21. The highest BCUT2D eigenvalue weighted by molar-refractivity contribution is 14.1. The number of rotatable bonds is 5. The molecule has 0 radical (unpaired) electrons. The number of hydrogen-bond donors (Lipinski definition) is 1. The molecule has 2 rings (SSSR count). The number of carbonyl (C=O) groups excluding carboxylic acids is 2.